The third-order valence-corrected chi connectivity index (χ3v) is 4.42. The van der Waals surface area contributed by atoms with Crippen molar-refractivity contribution in [2.75, 3.05) is 14.2 Å². The molecule has 2 heterocycles. The maximum Gasteiger partial charge on any atom is 0.148 e. The van der Waals surface area contributed by atoms with Gasteiger partial charge in [-0.15, -0.1) is 0 Å². The smallest absolute Gasteiger partial charge is 0.148 e. The van der Waals surface area contributed by atoms with Gasteiger partial charge in [-0.1, -0.05) is 23.2 Å². The molecule has 0 saturated heterocycles. The first-order valence-corrected chi connectivity index (χ1v) is 9.10. The van der Waals surface area contributed by atoms with E-state index in [1.165, 1.54) is 12.4 Å². The minimum Gasteiger partial charge on any atom is -0.496 e. The van der Waals surface area contributed by atoms with Crippen LogP contribution in [0.3, 0.4) is 0 Å². The fourth-order valence-electron chi connectivity index (χ4n) is 2.68. The van der Waals surface area contributed by atoms with Crippen molar-refractivity contribution < 1.29 is 9.47 Å². The number of fused-ring (bicyclic) bond motifs is 2. The van der Waals surface area contributed by atoms with Gasteiger partial charge in [0.2, 0.25) is 0 Å². The van der Waals surface area contributed by atoms with Crippen LogP contribution >= 0.6 is 23.2 Å². The Kier molecular flexibility index (Phi) is 6.11. The Morgan fingerprint density at radius 2 is 1.04 bits per heavy atom. The van der Waals surface area contributed by atoms with Crippen LogP contribution in [0, 0.1) is 13.8 Å². The van der Waals surface area contributed by atoms with E-state index in [1.807, 2.05) is 38.1 Å². The molecule has 0 atom stereocenters. The van der Waals surface area contributed by atoms with Crippen molar-refractivity contribution in [3.63, 3.8) is 0 Å². The van der Waals surface area contributed by atoms with Crippen LogP contribution in [0.15, 0.2) is 36.7 Å². The van der Waals surface area contributed by atoms with Gasteiger partial charge in [-0.05, 0) is 37.1 Å². The molecule has 4 rings (SSSR count). The monoisotopic (exact) mass is 416 g/mol. The molecule has 28 heavy (non-hydrogen) atoms. The van der Waals surface area contributed by atoms with E-state index in [0.29, 0.717) is 10.3 Å². The molecule has 0 aliphatic heterocycles. The molecule has 2 aromatic carbocycles. The Balaban J connectivity index is 0.000000161. The van der Waals surface area contributed by atoms with Crippen molar-refractivity contribution >= 4 is 45.3 Å². The number of halogens is 2. The van der Waals surface area contributed by atoms with Gasteiger partial charge in [0.05, 0.1) is 48.7 Å². The number of methoxy groups -OCH3 is 2. The Morgan fingerprint density at radius 1 is 0.643 bits per heavy atom. The molecular weight excluding hydrogens is 399 g/mol. The number of aromatic nitrogens is 4. The molecule has 2 aromatic heterocycles. The summed E-state index contributed by atoms with van der Waals surface area (Å²) in [5, 5.41) is 0.797. The summed E-state index contributed by atoms with van der Waals surface area (Å²) in [6.45, 7) is 3.93. The predicted octanol–water partition coefficient (Wildman–Crippen LogP) is 5.20. The summed E-state index contributed by atoms with van der Waals surface area (Å²) >= 11 is 11.5. The number of hydrogen-bond acceptors (Lipinski definition) is 6. The van der Waals surface area contributed by atoms with E-state index in [1.54, 1.807) is 14.2 Å². The SMILES string of the molecule is COc1cc2nc(Cl)cnc2cc1C.COc1cc2ncc(Cl)nc2cc1C. The lowest BCUT2D eigenvalue weighted by Gasteiger charge is -2.05. The number of ether oxygens (including phenoxy) is 2. The highest BCUT2D eigenvalue weighted by molar-refractivity contribution is 6.29. The molecule has 0 N–H and O–H groups in total. The van der Waals surface area contributed by atoms with Gasteiger partial charge in [0, 0.05) is 12.1 Å². The molecule has 0 aliphatic carbocycles. The van der Waals surface area contributed by atoms with Crippen LogP contribution in [0.25, 0.3) is 22.1 Å². The third-order valence-electron chi connectivity index (χ3n) is 4.06. The van der Waals surface area contributed by atoms with Crippen LogP contribution in [-0.2, 0) is 0 Å². The molecule has 0 bridgehead atoms. The molecule has 0 amide bonds. The zero-order valence-corrected chi connectivity index (χ0v) is 17.3. The Labute approximate surface area is 172 Å². The standard InChI is InChI=1S/2C10H9ClN2O/c1-6-3-8-7(4-9(6)14-2)12-5-10(11)13-8;1-6-3-7-8(4-9(6)14-2)13-10(11)5-12-7/h2*3-5H,1-2H3. The van der Waals surface area contributed by atoms with Crippen molar-refractivity contribution in [2.24, 2.45) is 0 Å². The highest BCUT2D eigenvalue weighted by atomic mass is 35.5. The minimum absolute atomic E-state index is 0.392. The van der Waals surface area contributed by atoms with Crippen LogP contribution in [0.1, 0.15) is 11.1 Å². The highest BCUT2D eigenvalue weighted by Gasteiger charge is 2.05. The van der Waals surface area contributed by atoms with Gasteiger partial charge in [0.1, 0.15) is 21.8 Å². The molecule has 0 saturated carbocycles. The van der Waals surface area contributed by atoms with Crippen molar-refractivity contribution in [1.29, 1.82) is 0 Å². The van der Waals surface area contributed by atoms with E-state index in [-0.39, 0.29) is 0 Å². The number of hydrogen-bond donors (Lipinski definition) is 0. The van der Waals surface area contributed by atoms with Crippen LogP contribution in [-0.4, -0.2) is 34.2 Å². The fourth-order valence-corrected chi connectivity index (χ4v) is 2.96. The van der Waals surface area contributed by atoms with Gasteiger partial charge in [0.25, 0.3) is 0 Å². The van der Waals surface area contributed by atoms with Gasteiger partial charge >= 0.3 is 0 Å². The molecule has 0 fully saturated rings. The summed E-state index contributed by atoms with van der Waals surface area (Å²) in [6.07, 6.45) is 3.06. The molecular formula is C20H18Cl2N4O2. The van der Waals surface area contributed by atoms with Crippen LogP contribution in [0.4, 0.5) is 0 Å². The molecule has 144 valence electrons. The lowest BCUT2D eigenvalue weighted by Crippen LogP contribution is -1.90. The van der Waals surface area contributed by atoms with Crippen molar-refractivity contribution in [3.05, 3.63) is 58.1 Å². The summed E-state index contributed by atoms with van der Waals surface area (Å²) in [7, 11) is 3.27. The largest absolute Gasteiger partial charge is 0.496 e. The zero-order valence-electron chi connectivity index (χ0n) is 15.8. The van der Waals surface area contributed by atoms with E-state index in [4.69, 9.17) is 32.7 Å². The molecule has 8 heteroatoms. The maximum atomic E-state index is 5.74. The second kappa shape index (κ2) is 8.54. The van der Waals surface area contributed by atoms with E-state index in [9.17, 15) is 0 Å². The van der Waals surface area contributed by atoms with Gasteiger partial charge in [0.15, 0.2) is 0 Å². The minimum atomic E-state index is 0.392. The highest BCUT2D eigenvalue weighted by Crippen LogP contribution is 2.24. The number of benzene rings is 2. The third kappa shape index (κ3) is 4.40. The zero-order chi connectivity index (χ0) is 20.3. The van der Waals surface area contributed by atoms with Gasteiger partial charge in [-0.25, -0.2) is 9.97 Å². The Hall–Kier alpha value is -2.70. The van der Waals surface area contributed by atoms with Crippen molar-refractivity contribution in [2.45, 2.75) is 13.8 Å². The van der Waals surface area contributed by atoms with Crippen molar-refractivity contribution in [3.8, 4) is 11.5 Å². The van der Waals surface area contributed by atoms with Gasteiger partial charge < -0.3 is 9.47 Å². The van der Waals surface area contributed by atoms with E-state index < -0.39 is 0 Å². The number of rotatable bonds is 2. The van der Waals surface area contributed by atoms with E-state index >= 15 is 0 Å². The van der Waals surface area contributed by atoms with Gasteiger partial charge in [-0.2, -0.15) is 0 Å². The predicted molar refractivity (Wildman–Crippen MR) is 112 cm³/mol. The van der Waals surface area contributed by atoms with E-state index in [2.05, 4.69) is 19.9 Å². The Bertz CT molecular complexity index is 1150. The first-order valence-electron chi connectivity index (χ1n) is 8.35. The average molecular weight is 417 g/mol. The molecule has 0 unspecified atom stereocenters. The average Bonchev–Trinajstić information content (AvgIpc) is 2.67. The summed E-state index contributed by atoms with van der Waals surface area (Å²) in [5.74, 6) is 1.61. The molecule has 0 aliphatic rings. The summed E-state index contributed by atoms with van der Waals surface area (Å²) < 4.78 is 10.4. The van der Waals surface area contributed by atoms with Crippen LogP contribution in [0.5, 0.6) is 11.5 Å². The summed E-state index contributed by atoms with van der Waals surface area (Å²) in [6, 6.07) is 7.53. The summed E-state index contributed by atoms with van der Waals surface area (Å²) in [4.78, 5) is 16.6. The summed E-state index contributed by atoms with van der Waals surface area (Å²) in [5.41, 5.74) is 5.22. The lowest BCUT2D eigenvalue weighted by molar-refractivity contribution is 0.412. The van der Waals surface area contributed by atoms with E-state index in [0.717, 1.165) is 44.7 Å². The quantitative estimate of drug-likeness (QED) is 0.447. The maximum absolute atomic E-state index is 5.74. The number of aryl methyl sites for hydroxylation is 2. The topological polar surface area (TPSA) is 70.0 Å². The second-order valence-corrected chi connectivity index (χ2v) is 6.78. The normalized spacial score (nSPS) is 10.5. The molecule has 4 aromatic rings. The fraction of sp³-hybridized carbons (Fsp3) is 0.200. The first kappa shape index (κ1) is 20.0. The molecule has 6 nitrogen and oxygen atoms in total. The van der Waals surface area contributed by atoms with Gasteiger partial charge in [-0.3, -0.25) is 9.97 Å². The van der Waals surface area contributed by atoms with Crippen LogP contribution in [0.2, 0.25) is 10.3 Å². The first-order chi connectivity index (χ1) is 13.4. The second-order valence-electron chi connectivity index (χ2n) is 6.01. The van der Waals surface area contributed by atoms with Crippen LogP contribution < -0.4 is 9.47 Å². The lowest BCUT2D eigenvalue weighted by atomic mass is 10.2. The van der Waals surface area contributed by atoms with Crippen molar-refractivity contribution in [1.82, 2.24) is 19.9 Å². The number of nitrogens with zero attached hydrogens (tertiary/aromatic N) is 4. The molecule has 0 radical (unpaired) electrons. The Morgan fingerprint density at radius 3 is 1.54 bits per heavy atom. The molecule has 0 spiro atoms.